The summed E-state index contributed by atoms with van der Waals surface area (Å²) in [6.45, 7) is 0.0153. The Bertz CT molecular complexity index is 964. The van der Waals surface area contributed by atoms with E-state index in [0.717, 1.165) is 0 Å². The zero-order chi connectivity index (χ0) is 20.9. The van der Waals surface area contributed by atoms with Crippen LogP contribution in [-0.4, -0.2) is 33.9 Å². The minimum atomic E-state index is -4.42. The quantitative estimate of drug-likeness (QED) is 0.584. The van der Waals surface area contributed by atoms with E-state index < -0.39 is 21.4 Å². The third kappa shape index (κ3) is 5.63. The summed E-state index contributed by atoms with van der Waals surface area (Å²) < 4.78 is 64.2. The molecule has 0 atom stereocenters. The molecule has 0 saturated heterocycles. The summed E-state index contributed by atoms with van der Waals surface area (Å²) >= 11 is -0.221. The number of alkyl halides is 3. The van der Waals surface area contributed by atoms with Crippen molar-refractivity contribution in [2.24, 2.45) is 0 Å². The first kappa shape index (κ1) is 22.1. The average molecular weight is 433 g/mol. The molecule has 152 valence electrons. The lowest BCUT2D eigenvalue weighted by molar-refractivity contribution is -0.0328. The molecule has 0 unspecified atom stereocenters. The fourth-order valence-corrected chi connectivity index (χ4v) is 3.77. The molecule has 11 heteroatoms. The fourth-order valence-electron chi connectivity index (χ4n) is 2.35. The van der Waals surface area contributed by atoms with Crippen LogP contribution in [0.3, 0.4) is 0 Å². The number of amides is 1. The Morgan fingerprint density at radius 1 is 1.11 bits per heavy atom. The second-order valence-corrected chi connectivity index (χ2v) is 8.50. The second-order valence-electron chi connectivity index (χ2n) is 5.50. The predicted molar refractivity (Wildman–Crippen MR) is 102 cm³/mol. The van der Waals surface area contributed by atoms with Gasteiger partial charge < -0.3 is 10.6 Å². The molecular formula is C17H18F3N3O3S2. The maximum atomic E-state index is 12.7. The van der Waals surface area contributed by atoms with Gasteiger partial charge in [-0.3, -0.25) is 4.79 Å². The molecule has 2 aromatic carbocycles. The summed E-state index contributed by atoms with van der Waals surface area (Å²) in [4.78, 5) is 12.1. The lowest BCUT2D eigenvalue weighted by atomic mass is 10.1. The van der Waals surface area contributed by atoms with Crippen molar-refractivity contribution in [1.29, 1.82) is 0 Å². The molecule has 0 fully saturated rings. The van der Waals surface area contributed by atoms with Gasteiger partial charge in [0.1, 0.15) is 0 Å². The molecule has 28 heavy (non-hydrogen) atoms. The van der Waals surface area contributed by atoms with Crippen LogP contribution in [0.2, 0.25) is 0 Å². The Balaban J connectivity index is 2.33. The van der Waals surface area contributed by atoms with Crippen LogP contribution in [-0.2, 0) is 16.6 Å². The zero-order valence-electron chi connectivity index (χ0n) is 14.9. The van der Waals surface area contributed by atoms with Gasteiger partial charge in [-0.15, -0.1) is 0 Å². The molecule has 0 aliphatic heterocycles. The highest BCUT2D eigenvalue weighted by atomic mass is 32.2. The van der Waals surface area contributed by atoms with E-state index in [4.69, 9.17) is 0 Å². The van der Waals surface area contributed by atoms with Gasteiger partial charge in [0.2, 0.25) is 10.0 Å². The van der Waals surface area contributed by atoms with E-state index in [1.165, 1.54) is 44.4 Å². The van der Waals surface area contributed by atoms with Crippen molar-refractivity contribution < 1.29 is 26.4 Å². The largest absolute Gasteiger partial charge is 0.446 e. The van der Waals surface area contributed by atoms with Crippen LogP contribution in [0.25, 0.3) is 0 Å². The van der Waals surface area contributed by atoms with Crippen LogP contribution in [0.1, 0.15) is 15.9 Å². The minimum Gasteiger partial charge on any atom is -0.380 e. The van der Waals surface area contributed by atoms with Crippen LogP contribution < -0.4 is 15.4 Å². The number of hydrogen-bond acceptors (Lipinski definition) is 5. The lowest BCUT2D eigenvalue weighted by Crippen LogP contribution is -2.22. The molecule has 0 spiro atoms. The van der Waals surface area contributed by atoms with Gasteiger partial charge in [0, 0.05) is 24.2 Å². The fraction of sp³-hybridized carbons (Fsp3) is 0.235. The number of thioether (sulfide) groups is 1. The third-order valence-corrected chi connectivity index (χ3v) is 5.97. The van der Waals surface area contributed by atoms with Crippen LogP contribution in [0.5, 0.6) is 0 Å². The number of halogens is 3. The highest BCUT2D eigenvalue weighted by molar-refractivity contribution is 8.00. The van der Waals surface area contributed by atoms with Gasteiger partial charge in [0.15, 0.2) is 0 Å². The summed E-state index contributed by atoms with van der Waals surface area (Å²) in [6.07, 6.45) is 0. The number of rotatable bonds is 7. The van der Waals surface area contributed by atoms with Gasteiger partial charge in [0.25, 0.3) is 5.91 Å². The van der Waals surface area contributed by atoms with Crippen LogP contribution in [0.15, 0.2) is 52.3 Å². The van der Waals surface area contributed by atoms with Gasteiger partial charge in [-0.2, -0.15) is 13.2 Å². The summed E-state index contributed by atoms with van der Waals surface area (Å²) in [5.41, 5.74) is -3.69. The number of nitrogens with one attached hydrogen (secondary N) is 3. The Labute approximate surface area is 165 Å². The molecule has 1 amide bonds. The van der Waals surface area contributed by atoms with Crippen LogP contribution in [0, 0.1) is 0 Å². The summed E-state index contributed by atoms with van der Waals surface area (Å²) in [5.74, 6) is -0.534. The molecule has 2 rings (SSSR count). The first-order valence-corrected chi connectivity index (χ1v) is 10.2. The first-order valence-electron chi connectivity index (χ1n) is 7.94. The highest BCUT2D eigenvalue weighted by Crippen LogP contribution is 2.38. The van der Waals surface area contributed by atoms with Crippen molar-refractivity contribution in [3.8, 4) is 0 Å². The maximum Gasteiger partial charge on any atom is 0.446 e. The molecule has 0 saturated carbocycles. The number of carbonyl (C=O) groups is 1. The van der Waals surface area contributed by atoms with Gasteiger partial charge >= 0.3 is 5.51 Å². The maximum absolute atomic E-state index is 12.7. The standard InChI is InChI=1S/C17H18F3N3O3S2/c1-21-16(24)13-9-12(28(25,26)22-2)7-8-14(13)23-10-11-5-3-4-6-15(11)27-17(18,19)20/h3-9,22-23H,10H2,1-2H3,(H,21,24). The van der Waals surface area contributed by atoms with Crippen molar-refractivity contribution in [2.45, 2.75) is 21.8 Å². The molecule has 0 aliphatic rings. The van der Waals surface area contributed by atoms with Crippen molar-refractivity contribution >= 4 is 33.4 Å². The second kappa shape index (κ2) is 8.84. The van der Waals surface area contributed by atoms with Gasteiger partial charge in [-0.25, -0.2) is 13.1 Å². The first-order chi connectivity index (χ1) is 13.1. The van der Waals surface area contributed by atoms with E-state index in [1.807, 2.05) is 0 Å². The van der Waals surface area contributed by atoms with Gasteiger partial charge in [-0.05, 0) is 48.6 Å². The van der Waals surface area contributed by atoms with E-state index in [-0.39, 0.29) is 33.7 Å². The highest BCUT2D eigenvalue weighted by Gasteiger charge is 2.30. The predicted octanol–water partition coefficient (Wildman–Crippen LogP) is 3.18. The van der Waals surface area contributed by atoms with E-state index >= 15 is 0 Å². The SMILES string of the molecule is CNC(=O)c1cc(S(=O)(=O)NC)ccc1NCc1ccccc1SC(F)(F)F. The van der Waals surface area contributed by atoms with Gasteiger partial charge in [0.05, 0.1) is 10.5 Å². The minimum absolute atomic E-state index is 0.0153. The number of benzene rings is 2. The van der Waals surface area contributed by atoms with E-state index in [0.29, 0.717) is 11.3 Å². The molecule has 0 radical (unpaired) electrons. The topological polar surface area (TPSA) is 87.3 Å². The van der Waals surface area contributed by atoms with Crippen LogP contribution in [0.4, 0.5) is 18.9 Å². The molecule has 0 bridgehead atoms. The number of sulfonamides is 1. The molecule has 0 aliphatic carbocycles. The summed E-state index contributed by atoms with van der Waals surface area (Å²) in [7, 11) is -1.12. The molecule has 2 aromatic rings. The van der Waals surface area contributed by atoms with Crippen molar-refractivity contribution in [3.63, 3.8) is 0 Å². The zero-order valence-corrected chi connectivity index (χ0v) is 16.6. The number of carbonyl (C=O) groups excluding carboxylic acids is 1. The smallest absolute Gasteiger partial charge is 0.380 e. The Morgan fingerprint density at radius 3 is 2.39 bits per heavy atom. The third-order valence-electron chi connectivity index (χ3n) is 3.71. The molecule has 0 aromatic heterocycles. The lowest BCUT2D eigenvalue weighted by Gasteiger charge is -2.15. The molecular weight excluding hydrogens is 415 g/mol. The molecule has 6 nitrogen and oxygen atoms in total. The van der Waals surface area contributed by atoms with Gasteiger partial charge in [-0.1, -0.05) is 18.2 Å². The number of hydrogen-bond donors (Lipinski definition) is 3. The summed E-state index contributed by atoms with van der Waals surface area (Å²) in [6, 6.07) is 9.91. The van der Waals surface area contributed by atoms with Crippen LogP contribution >= 0.6 is 11.8 Å². The van der Waals surface area contributed by atoms with Crippen molar-refractivity contribution in [3.05, 3.63) is 53.6 Å². The average Bonchev–Trinajstić information content (AvgIpc) is 2.65. The molecule has 0 heterocycles. The summed E-state index contributed by atoms with van der Waals surface area (Å²) in [5, 5.41) is 5.32. The van der Waals surface area contributed by atoms with E-state index in [9.17, 15) is 26.4 Å². The van der Waals surface area contributed by atoms with E-state index in [1.54, 1.807) is 12.1 Å². The normalized spacial score (nSPS) is 11.9. The van der Waals surface area contributed by atoms with Crippen molar-refractivity contribution in [2.75, 3.05) is 19.4 Å². The Hall–Kier alpha value is -2.24. The van der Waals surface area contributed by atoms with E-state index in [2.05, 4.69) is 15.4 Å². The Kier molecular flexibility index (Phi) is 6.96. The molecule has 3 N–H and O–H groups in total. The monoisotopic (exact) mass is 433 g/mol. The Morgan fingerprint density at radius 2 is 1.79 bits per heavy atom. The van der Waals surface area contributed by atoms with Crippen molar-refractivity contribution in [1.82, 2.24) is 10.0 Å². The number of anilines is 1.